The molecule has 0 heterocycles. The average molecular weight is 285 g/mol. The van der Waals surface area contributed by atoms with E-state index in [1.165, 1.54) is 0 Å². The molecule has 0 spiro atoms. The Bertz CT molecular complexity index is 632. The van der Waals surface area contributed by atoms with Crippen molar-refractivity contribution >= 4 is 17.2 Å². The number of aryl methyl sites for hydroxylation is 1. The maximum atomic E-state index is 12.5. The molecule has 2 aromatic rings. The summed E-state index contributed by atoms with van der Waals surface area (Å²) in [7, 11) is -1.32. The Morgan fingerprint density at radius 3 is 2.25 bits per heavy atom. The summed E-state index contributed by atoms with van der Waals surface area (Å²) in [6, 6.07) is 17.8. The van der Waals surface area contributed by atoms with Gasteiger partial charge in [-0.1, -0.05) is 54.6 Å². The average Bonchev–Trinajstić information content (AvgIpc) is 2.47. The summed E-state index contributed by atoms with van der Waals surface area (Å²) in [5, 5.41) is 0. The number of rotatable bonds is 4. The molecule has 2 rings (SSSR count). The third-order valence-electron chi connectivity index (χ3n) is 3.38. The largest absolute Gasteiger partial charge is 0.234 e. The summed E-state index contributed by atoms with van der Waals surface area (Å²) in [4.78, 5) is 0. The Kier molecular flexibility index (Phi) is 4.50. The van der Waals surface area contributed by atoms with Gasteiger partial charge in [-0.2, -0.15) is 4.40 Å². The zero-order valence-electron chi connectivity index (χ0n) is 12.0. The first-order chi connectivity index (χ1) is 9.51. The summed E-state index contributed by atoms with van der Waals surface area (Å²) in [5.41, 5.74) is 3.16. The number of hydrogen-bond donors (Lipinski definition) is 0. The van der Waals surface area contributed by atoms with Gasteiger partial charge in [0, 0.05) is 6.21 Å². The van der Waals surface area contributed by atoms with Crippen molar-refractivity contribution < 1.29 is 4.21 Å². The van der Waals surface area contributed by atoms with Crippen LogP contribution in [0.1, 0.15) is 30.5 Å². The third-order valence-corrected chi connectivity index (χ3v) is 4.79. The lowest BCUT2D eigenvalue weighted by atomic mass is 10.0. The van der Waals surface area contributed by atoms with Gasteiger partial charge in [0.25, 0.3) is 0 Å². The molecular formula is C17H19NOS. The standard InChI is InChI=1S/C17H19NOS/c1-14-9-7-8-10-15(14)13-18-20(19)17(2,3)16-11-5-4-6-12-16/h4-13H,1-3H3/b18-13+. The van der Waals surface area contributed by atoms with Crippen LogP contribution in [0, 0.1) is 6.92 Å². The van der Waals surface area contributed by atoms with Gasteiger partial charge in [-0.15, -0.1) is 0 Å². The van der Waals surface area contributed by atoms with Gasteiger partial charge in [-0.3, -0.25) is 0 Å². The Hall–Kier alpha value is -1.74. The summed E-state index contributed by atoms with van der Waals surface area (Å²) in [6.07, 6.45) is 1.70. The lowest BCUT2D eigenvalue weighted by Gasteiger charge is -2.21. The topological polar surface area (TPSA) is 29.4 Å². The molecule has 2 nitrogen and oxygen atoms in total. The smallest absolute Gasteiger partial charge is 0.149 e. The van der Waals surface area contributed by atoms with Gasteiger partial charge in [-0.25, -0.2) is 4.21 Å². The highest BCUT2D eigenvalue weighted by Gasteiger charge is 2.27. The van der Waals surface area contributed by atoms with Gasteiger partial charge in [-0.05, 0) is 37.5 Å². The Balaban J connectivity index is 2.22. The highest BCUT2D eigenvalue weighted by molar-refractivity contribution is 7.84. The Morgan fingerprint density at radius 1 is 1.00 bits per heavy atom. The molecule has 0 fully saturated rings. The molecule has 2 aromatic carbocycles. The predicted octanol–water partition coefficient (Wildman–Crippen LogP) is 4.01. The van der Waals surface area contributed by atoms with Crippen molar-refractivity contribution in [2.24, 2.45) is 4.40 Å². The van der Waals surface area contributed by atoms with Crippen LogP contribution in [0.4, 0.5) is 0 Å². The number of benzene rings is 2. The van der Waals surface area contributed by atoms with E-state index >= 15 is 0 Å². The maximum Gasteiger partial charge on any atom is 0.149 e. The van der Waals surface area contributed by atoms with Gasteiger partial charge < -0.3 is 0 Å². The second kappa shape index (κ2) is 6.14. The van der Waals surface area contributed by atoms with Crippen LogP contribution in [0.15, 0.2) is 59.0 Å². The normalized spacial score (nSPS) is 13.6. The molecule has 104 valence electrons. The molecular weight excluding hydrogens is 266 g/mol. The zero-order chi connectivity index (χ0) is 14.6. The van der Waals surface area contributed by atoms with Gasteiger partial charge in [0.15, 0.2) is 0 Å². The maximum absolute atomic E-state index is 12.5. The summed E-state index contributed by atoms with van der Waals surface area (Å²) >= 11 is 0. The fourth-order valence-corrected chi connectivity index (χ4v) is 2.72. The fourth-order valence-electron chi connectivity index (χ4n) is 1.91. The van der Waals surface area contributed by atoms with Gasteiger partial charge in [0.2, 0.25) is 0 Å². The van der Waals surface area contributed by atoms with Crippen LogP contribution in [0.5, 0.6) is 0 Å². The first-order valence-electron chi connectivity index (χ1n) is 6.59. The van der Waals surface area contributed by atoms with Crippen LogP contribution in [0.3, 0.4) is 0 Å². The molecule has 0 aliphatic heterocycles. The van der Waals surface area contributed by atoms with Crippen LogP contribution < -0.4 is 0 Å². The van der Waals surface area contributed by atoms with E-state index in [1.807, 2.05) is 75.4 Å². The lowest BCUT2D eigenvalue weighted by Crippen LogP contribution is -2.22. The highest BCUT2D eigenvalue weighted by atomic mass is 32.2. The minimum Gasteiger partial charge on any atom is -0.234 e. The van der Waals surface area contributed by atoms with Crippen molar-refractivity contribution in [2.45, 2.75) is 25.5 Å². The van der Waals surface area contributed by atoms with E-state index < -0.39 is 15.7 Å². The van der Waals surface area contributed by atoms with Crippen LogP contribution >= 0.6 is 0 Å². The van der Waals surface area contributed by atoms with Gasteiger partial charge in [0.1, 0.15) is 11.0 Å². The summed E-state index contributed by atoms with van der Waals surface area (Å²) < 4.78 is 16.2. The molecule has 0 N–H and O–H groups in total. The van der Waals surface area contributed by atoms with Gasteiger partial charge in [0.05, 0.1) is 4.75 Å². The molecule has 0 aliphatic carbocycles. The van der Waals surface area contributed by atoms with Crippen LogP contribution in [-0.2, 0) is 15.7 Å². The minimum absolute atomic E-state index is 0.500. The Morgan fingerprint density at radius 2 is 1.60 bits per heavy atom. The Labute approximate surface area is 123 Å². The molecule has 0 amide bonds. The van der Waals surface area contributed by atoms with E-state index in [0.29, 0.717) is 0 Å². The molecule has 1 unspecified atom stereocenters. The molecule has 1 atom stereocenters. The van der Waals surface area contributed by atoms with Crippen molar-refractivity contribution in [3.8, 4) is 0 Å². The highest BCUT2D eigenvalue weighted by Crippen LogP contribution is 2.27. The molecule has 20 heavy (non-hydrogen) atoms. The fraction of sp³-hybridized carbons (Fsp3) is 0.235. The predicted molar refractivity (Wildman–Crippen MR) is 86.4 cm³/mol. The van der Waals surface area contributed by atoms with E-state index in [2.05, 4.69) is 4.40 Å². The molecule has 0 saturated heterocycles. The molecule has 0 aromatic heterocycles. The number of nitrogens with zero attached hydrogens (tertiary/aromatic N) is 1. The molecule has 0 radical (unpaired) electrons. The van der Waals surface area contributed by atoms with Gasteiger partial charge >= 0.3 is 0 Å². The third kappa shape index (κ3) is 3.23. The van der Waals surface area contributed by atoms with Crippen molar-refractivity contribution in [3.05, 3.63) is 71.3 Å². The van der Waals surface area contributed by atoms with Crippen LogP contribution in [0.25, 0.3) is 0 Å². The van der Waals surface area contributed by atoms with E-state index in [4.69, 9.17) is 0 Å². The molecule has 3 heteroatoms. The SMILES string of the molecule is Cc1ccccc1/C=N/S(=O)C(C)(C)c1ccccc1. The van der Waals surface area contributed by atoms with E-state index in [9.17, 15) is 4.21 Å². The van der Waals surface area contributed by atoms with E-state index in [-0.39, 0.29) is 0 Å². The van der Waals surface area contributed by atoms with Crippen LogP contribution in [-0.4, -0.2) is 10.4 Å². The first kappa shape index (κ1) is 14.7. The minimum atomic E-state index is -1.32. The lowest BCUT2D eigenvalue weighted by molar-refractivity contribution is 0.644. The summed E-state index contributed by atoms with van der Waals surface area (Å²) in [5.74, 6) is 0. The first-order valence-corrected chi connectivity index (χ1v) is 7.70. The van der Waals surface area contributed by atoms with Crippen molar-refractivity contribution in [1.82, 2.24) is 0 Å². The van der Waals surface area contributed by atoms with E-state index in [0.717, 1.165) is 16.7 Å². The number of hydrogen-bond acceptors (Lipinski definition) is 1. The summed E-state index contributed by atoms with van der Waals surface area (Å²) in [6.45, 7) is 5.92. The van der Waals surface area contributed by atoms with Crippen LogP contribution in [0.2, 0.25) is 0 Å². The molecule has 0 bridgehead atoms. The van der Waals surface area contributed by atoms with E-state index in [1.54, 1.807) is 6.21 Å². The monoisotopic (exact) mass is 285 g/mol. The van der Waals surface area contributed by atoms with Crippen molar-refractivity contribution in [2.75, 3.05) is 0 Å². The molecule has 0 aliphatic rings. The van der Waals surface area contributed by atoms with Crippen molar-refractivity contribution in [3.63, 3.8) is 0 Å². The van der Waals surface area contributed by atoms with Crippen molar-refractivity contribution in [1.29, 1.82) is 0 Å². The zero-order valence-corrected chi connectivity index (χ0v) is 12.9. The molecule has 0 saturated carbocycles. The quantitative estimate of drug-likeness (QED) is 0.780. The second-order valence-corrected chi connectivity index (χ2v) is 6.95. The second-order valence-electron chi connectivity index (χ2n) is 5.22.